The first-order chi connectivity index (χ1) is 10.6. The Hall–Kier alpha value is -2.65. The van der Waals surface area contributed by atoms with Crippen LogP contribution in [0.2, 0.25) is 0 Å². The van der Waals surface area contributed by atoms with E-state index in [1.165, 1.54) is 6.92 Å². The molecular weight excluding hydrogens is 326 g/mol. The van der Waals surface area contributed by atoms with E-state index >= 15 is 0 Å². The molecule has 0 aliphatic carbocycles. The third-order valence-corrected chi connectivity index (χ3v) is 2.35. The van der Waals surface area contributed by atoms with E-state index in [2.05, 4.69) is 9.47 Å². The van der Waals surface area contributed by atoms with Crippen LogP contribution in [0.5, 0.6) is 5.75 Å². The Morgan fingerprint density at radius 2 is 1.87 bits per heavy atom. The fraction of sp³-hybridized carbons (Fsp3) is 0.308. The van der Waals surface area contributed by atoms with Gasteiger partial charge in [0.1, 0.15) is 0 Å². The standard InChI is InChI=1S/C13H11F4NO5/c1-2-22-12(21)11(20)18-6-9(19)7-3-4-8(14)10(5-7)23-13(15,16)17/h3-5H,2,6H2,1H3,(H,18,20). The first-order valence-electron chi connectivity index (χ1n) is 6.17. The van der Waals surface area contributed by atoms with Gasteiger partial charge in [-0.2, -0.15) is 0 Å². The summed E-state index contributed by atoms with van der Waals surface area (Å²) in [5, 5.41) is 1.93. The number of benzene rings is 1. The van der Waals surface area contributed by atoms with Crippen LogP contribution in [-0.4, -0.2) is 37.2 Å². The van der Waals surface area contributed by atoms with Crippen molar-refractivity contribution in [1.82, 2.24) is 5.32 Å². The van der Waals surface area contributed by atoms with E-state index in [4.69, 9.17) is 0 Å². The van der Waals surface area contributed by atoms with Gasteiger partial charge in [0.2, 0.25) is 0 Å². The van der Waals surface area contributed by atoms with E-state index in [-0.39, 0.29) is 12.2 Å². The van der Waals surface area contributed by atoms with Crippen LogP contribution < -0.4 is 10.1 Å². The smallest absolute Gasteiger partial charge is 0.459 e. The van der Waals surface area contributed by atoms with Crippen molar-refractivity contribution in [2.45, 2.75) is 13.3 Å². The molecule has 1 amide bonds. The molecule has 1 aromatic rings. The lowest BCUT2D eigenvalue weighted by Crippen LogP contribution is -2.36. The Kier molecular flexibility index (Phi) is 6.05. The average Bonchev–Trinajstić information content (AvgIpc) is 2.45. The Balaban J connectivity index is 2.75. The molecule has 0 fully saturated rings. The van der Waals surface area contributed by atoms with E-state index in [0.717, 1.165) is 6.07 Å². The number of ketones is 1. The Morgan fingerprint density at radius 1 is 1.22 bits per heavy atom. The molecule has 1 rings (SSSR count). The van der Waals surface area contributed by atoms with Gasteiger partial charge in [-0.3, -0.25) is 9.59 Å². The minimum absolute atomic E-state index is 0.0453. The fourth-order valence-electron chi connectivity index (χ4n) is 1.41. The highest BCUT2D eigenvalue weighted by Gasteiger charge is 2.32. The molecule has 1 aromatic carbocycles. The number of alkyl halides is 3. The predicted octanol–water partition coefficient (Wildman–Crippen LogP) is 1.59. The molecule has 0 atom stereocenters. The minimum atomic E-state index is -5.12. The lowest BCUT2D eigenvalue weighted by Gasteiger charge is -2.11. The number of amides is 1. The van der Waals surface area contributed by atoms with Gasteiger partial charge in [0.25, 0.3) is 0 Å². The highest BCUT2D eigenvalue weighted by molar-refractivity contribution is 6.32. The van der Waals surface area contributed by atoms with Gasteiger partial charge in [-0.25, -0.2) is 9.18 Å². The van der Waals surface area contributed by atoms with E-state index in [0.29, 0.717) is 12.1 Å². The number of hydrogen-bond donors (Lipinski definition) is 1. The Bertz CT molecular complexity index is 615. The van der Waals surface area contributed by atoms with Crippen molar-refractivity contribution in [3.63, 3.8) is 0 Å². The number of carbonyl (C=O) groups excluding carboxylic acids is 3. The third-order valence-electron chi connectivity index (χ3n) is 2.35. The maximum absolute atomic E-state index is 13.2. The average molecular weight is 337 g/mol. The van der Waals surface area contributed by atoms with Crippen LogP contribution in [0.3, 0.4) is 0 Å². The van der Waals surface area contributed by atoms with E-state index < -0.39 is 42.1 Å². The highest BCUT2D eigenvalue weighted by Crippen LogP contribution is 2.26. The Labute approximate surface area is 127 Å². The summed E-state index contributed by atoms with van der Waals surface area (Å²) < 4.78 is 57.3. The molecular formula is C13H11F4NO5. The summed E-state index contributed by atoms with van der Waals surface area (Å²) in [6.45, 7) is 0.738. The lowest BCUT2D eigenvalue weighted by atomic mass is 10.1. The van der Waals surface area contributed by atoms with Crippen molar-refractivity contribution in [2.24, 2.45) is 0 Å². The maximum Gasteiger partial charge on any atom is 0.573 e. The van der Waals surface area contributed by atoms with Gasteiger partial charge in [0, 0.05) is 5.56 Å². The normalized spacial score (nSPS) is 10.8. The van der Waals surface area contributed by atoms with Crippen LogP contribution >= 0.6 is 0 Å². The summed E-state index contributed by atoms with van der Waals surface area (Å²) in [6, 6.07) is 2.07. The topological polar surface area (TPSA) is 81.7 Å². The van der Waals surface area contributed by atoms with Crippen molar-refractivity contribution in [1.29, 1.82) is 0 Å². The summed E-state index contributed by atoms with van der Waals surface area (Å²) >= 11 is 0. The zero-order valence-electron chi connectivity index (χ0n) is 11.7. The van der Waals surface area contributed by atoms with Crippen molar-refractivity contribution < 1.29 is 41.4 Å². The van der Waals surface area contributed by atoms with Gasteiger partial charge in [0.05, 0.1) is 13.2 Å². The minimum Gasteiger partial charge on any atom is -0.459 e. The predicted molar refractivity (Wildman–Crippen MR) is 67.1 cm³/mol. The largest absolute Gasteiger partial charge is 0.573 e. The lowest BCUT2D eigenvalue weighted by molar-refractivity contribution is -0.275. The summed E-state index contributed by atoms with van der Waals surface area (Å²) in [4.78, 5) is 33.9. The van der Waals surface area contributed by atoms with Crippen molar-refractivity contribution >= 4 is 17.7 Å². The molecule has 0 aromatic heterocycles. The van der Waals surface area contributed by atoms with Crippen molar-refractivity contribution in [2.75, 3.05) is 13.2 Å². The van der Waals surface area contributed by atoms with Crippen LogP contribution in [0.4, 0.5) is 17.6 Å². The van der Waals surface area contributed by atoms with Crippen LogP contribution in [0.15, 0.2) is 18.2 Å². The number of rotatable bonds is 5. The van der Waals surface area contributed by atoms with E-state index in [1.807, 2.05) is 5.32 Å². The van der Waals surface area contributed by atoms with Gasteiger partial charge < -0.3 is 14.8 Å². The van der Waals surface area contributed by atoms with E-state index in [1.54, 1.807) is 0 Å². The van der Waals surface area contributed by atoms with Crippen LogP contribution in [0, 0.1) is 5.82 Å². The first-order valence-corrected chi connectivity index (χ1v) is 6.17. The fourth-order valence-corrected chi connectivity index (χ4v) is 1.41. The van der Waals surface area contributed by atoms with Gasteiger partial charge >= 0.3 is 18.2 Å². The van der Waals surface area contributed by atoms with Gasteiger partial charge in [-0.1, -0.05) is 0 Å². The monoisotopic (exact) mass is 337 g/mol. The molecule has 23 heavy (non-hydrogen) atoms. The van der Waals surface area contributed by atoms with Gasteiger partial charge in [0.15, 0.2) is 17.3 Å². The van der Waals surface area contributed by atoms with Crippen molar-refractivity contribution in [3.8, 4) is 5.75 Å². The number of Topliss-reactive ketones (excluding diaryl/α,β-unsaturated/α-hetero) is 1. The zero-order chi connectivity index (χ0) is 17.6. The number of nitrogens with one attached hydrogen (secondary N) is 1. The maximum atomic E-state index is 13.2. The summed E-state index contributed by atoms with van der Waals surface area (Å²) in [5.41, 5.74) is -0.338. The number of ether oxygens (including phenoxy) is 2. The molecule has 0 aliphatic heterocycles. The van der Waals surface area contributed by atoms with Crippen LogP contribution in [0.25, 0.3) is 0 Å². The summed E-state index contributed by atoms with van der Waals surface area (Å²) in [5.74, 6) is -5.74. The quantitative estimate of drug-likeness (QED) is 0.382. The van der Waals surface area contributed by atoms with Gasteiger partial charge in [-0.05, 0) is 25.1 Å². The molecule has 126 valence electrons. The molecule has 0 saturated carbocycles. The molecule has 0 heterocycles. The number of carbonyl (C=O) groups is 3. The summed E-state index contributed by atoms with van der Waals surface area (Å²) in [7, 11) is 0. The number of hydrogen-bond acceptors (Lipinski definition) is 5. The molecule has 10 heteroatoms. The molecule has 6 nitrogen and oxygen atoms in total. The number of esters is 1. The van der Waals surface area contributed by atoms with E-state index in [9.17, 15) is 31.9 Å². The molecule has 0 saturated heterocycles. The SMILES string of the molecule is CCOC(=O)C(=O)NCC(=O)c1ccc(F)c(OC(F)(F)F)c1. The molecule has 0 aliphatic rings. The molecule has 0 unspecified atom stereocenters. The third kappa shape index (κ3) is 5.93. The van der Waals surface area contributed by atoms with Crippen molar-refractivity contribution in [3.05, 3.63) is 29.6 Å². The molecule has 0 bridgehead atoms. The highest BCUT2D eigenvalue weighted by atomic mass is 19.4. The second kappa shape index (κ2) is 7.56. The molecule has 1 N–H and O–H groups in total. The van der Waals surface area contributed by atoms with Crippen LogP contribution in [0.1, 0.15) is 17.3 Å². The van der Waals surface area contributed by atoms with Gasteiger partial charge in [-0.15, -0.1) is 13.2 Å². The summed E-state index contributed by atoms with van der Waals surface area (Å²) in [6.07, 6.45) is -5.12. The number of halogens is 4. The first kappa shape index (κ1) is 18.4. The Morgan fingerprint density at radius 3 is 2.43 bits per heavy atom. The zero-order valence-corrected chi connectivity index (χ0v) is 11.7. The second-order valence-electron chi connectivity index (χ2n) is 4.02. The molecule has 0 spiro atoms. The second-order valence-corrected chi connectivity index (χ2v) is 4.02. The van der Waals surface area contributed by atoms with Crippen LogP contribution in [-0.2, 0) is 14.3 Å². The molecule has 0 radical (unpaired) electrons.